The maximum Gasteiger partial charge on any atom is 0.0540 e. The van der Waals surface area contributed by atoms with Crippen LogP contribution in [0.4, 0.5) is 34.1 Å². The van der Waals surface area contributed by atoms with Gasteiger partial charge in [0.25, 0.3) is 0 Å². The molecule has 3 heteroatoms. The molecule has 37 heavy (non-hydrogen) atoms. The Kier molecular flexibility index (Phi) is 6.45. The molecular formula is C34H25BrN2. The monoisotopic (exact) mass is 540 g/mol. The van der Waals surface area contributed by atoms with Gasteiger partial charge in [-0.05, 0) is 66.0 Å². The minimum absolute atomic E-state index is 1.01. The number of fused-ring (bicyclic) bond motifs is 1. The van der Waals surface area contributed by atoms with Crippen LogP contribution in [0.1, 0.15) is 0 Å². The third kappa shape index (κ3) is 4.74. The van der Waals surface area contributed by atoms with Crippen molar-refractivity contribution in [2.45, 2.75) is 0 Å². The summed E-state index contributed by atoms with van der Waals surface area (Å²) in [5.41, 5.74) is 6.60. The van der Waals surface area contributed by atoms with Crippen LogP contribution in [0.25, 0.3) is 10.8 Å². The normalized spacial score (nSPS) is 10.8. The number of hydrogen-bond acceptors (Lipinski definition) is 2. The lowest BCUT2D eigenvalue weighted by atomic mass is 10.1. The summed E-state index contributed by atoms with van der Waals surface area (Å²) in [5, 5.41) is 2.42. The molecule has 0 unspecified atom stereocenters. The van der Waals surface area contributed by atoms with E-state index in [2.05, 4.69) is 177 Å². The van der Waals surface area contributed by atoms with Crippen molar-refractivity contribution in [2.24, 2.45) is 0 Å². The van der Waals surface area contributed by atoms with Gasteiger partial charge in [0.1, 0.15) is 0 Å². The van der Waals surface area contributed by atoms with E-state index in [4.69, 9.17) is 0 Å². The van der Waals surface area contributed by atoms with E-state index in [1.807, 2.05) is 0 Å². The van der Waals surface area contributed by atoms with E-state index in [0.29, 0.717) is 0 Å². The SMILES string of the molecule is Brc1cc(N(c2ccccc2)c2ccccc2)cc(N(c2ccccc2)c2cccc3ccccc23)c1. The Hall–Kier alpha value is -4.34. The summed E-state index contributed by atoms with van der Waals surface area (Å²) < 4.78 is 1.01. The molecule has 0 amide bonds. The molecule has 0 spiro atoms. The molecule has 0 aromatic heterocycles. The molecule has 0 aliphatic rings. The van der Waals surface area contributed by atoms with Gasteiger partial charge in [-0.15, -0.1) is 0 Å². The van der Waals surface area contributed by atoms with E-state index >= 15 is 0 Å². The number of halogens is 1. The first-order chi connectivity index (χ1) is 18.3. The lowest BCUT2D eigenvalue weighted by Gasteiger charge is -2.30. The molecule has 0 N–H and O–H groups in total. The van der Waals surface area contributed by atoms with Crippen molar-refractivity contribution in [1.29, 1.82) is 0 Å². The number of anilines is 6. The largest absolute Gasteiger partial charge is 0.310 e. The zero-order valence-electron chi connectivity index (χ0n) is 20.2. The molecule has 6 aromatic rings. The highest BCUT2D eigenvalue weighted by Gasteiger charge is 2.19. The van der Waals surface area contributed by atoms with Crippen molar-refractivity contribution in [3.63, 3.8) is 0 Å². The quantitative estimate of drug-likeness (QED) is 0.207. The standard InChI is InChI=1S/C34H25BrN2/c35-27-23-31(36(28-15-4-1-5-16-28)29-17-6-2-7-18-29)25-32(24-27)37(30-19-8-3-9-20-30)34-22-12-14-26-13-10-11-21-33(26)34/h1-25H. The maximum absolute atomic E-state index is 3.84. The molecule has 0 atom stereocenters. The Morgan fingerprint density at radius 1 is 0.378 bits per heavy atom. The van der Waals surface area contributed by atoms with Crippen molar-refractivity contribution in [1.82, 2.24) is 0 Å². The molecule has 0 aliphatic carbocycles. The number of benzene rings is 6. The van der Waals surface area contributed by atoms with Gasteiger partial charge in [0.05, 0.1) is 5.69 Å². The van der Waals surface area contributed by atoms with E-state index in [9.17, 15) is 0 Å². The first-order valence-electron chi connectivity index (χ1n) is 12.3. The first-order valence-corrected chi connectivity index (χ1v) is 13.1. The molecule has 0 bridgehead atoms. The van der Waals surface area contributed by atoms with E-state index in [1.54, 1.807) is 0 Å². The average Bonchev–Trinajstić information content (AvgIpc) is 2.95. The minimum Gasteiger partial charge on any atom is -0.310 e. The second-order valence-corrected chi connectivity index (χ2v) is 9.76. The van der Waals surface area contributed by atoms with Gasteiger partial charge in [-0.1, -0.05) is 107 Å². The van der Waals surface area contributed by atoms with Crippen LogP contribution in [-0.2, 0) is 0 Å². The molecule has 0 radical (unpaired) electrons. The summed E-state index contributed by atoms with van der Waals surface area (Å²) in [6.45, 7) is 0. The fraction of sp³-hybridized carbons (Fsp3) is 0. The van der Waals surface area contributed by atoms with Crippen molar-refractivity contribution in [3.8, 4) is 0 Å². The summed E-state index contributed by atoms with van der Waals surface area (Å²) in [4.78, 5) is 4.63. The summed E-state index contributed by atoms with van der Waals surface area (Å²) in [5.74, 6) is 0. The van der Waals surface area contributed by atoms with Gasteiger partial charge in [0.2, 0.25) is 0 Å². The second-order valence-electron chi connectivity index (χ2n) is 8.84. The number of para-hydroxylation sites is 3. The molecule has 0 aliphatic heterocycles. The average molecular weight is 541 g/mol. The predicted octanol–water partition coefficient (Wildman–Crippen LogP) is 10.5. The van der Waals surface area contributed by atoms with Crippen LogP contribution in [0.15, 0.2) is 156 Å². The Morgan fingerprint density at radius 2 is 0.838 bits per heavy atom. The minimum atomic E-state index is 1.01. The molecular weight excluding hydrogens is 516 g/mol. The smallest absolute Gasteiger partial charge is 0.0540 e. The molecule has 2 nitrogen and oxygen atoms in total. The molecule has 178 valence electrons. The highest BCUT2D eigenvalue weighted by atomic mass is 79.9. The highest BCUT2D eigenvalue weighted by molar-refractivity contribution is 9.10. The molecule has 0 fully saturated rings. The van der Waals surface area contributed by atoms with Gasteiger partial charge in [-0.2, -0.15) is 0 Å². The van der Waals surface area contributed by atoms with Gasteiger partial charge in [-0.25, -0.2) is 0 Å². The van der Waals surface area contributed by atoms with Crippen LogP contribution in [0.5, 0.6) is 0 Å². The van der Waals surface area contributed by atoms with Crippen molar-refractivity contribution in [2.75, 3.05) is 9.80 Å². The summed E-state index contributed by atoms with van der Waals surface area (Å²) in [6.07, 6.45) is 0. The van der Waals surface area contributed by atoms with Gasteiger partial charge >= 0.3 is 0 Å². The first kappa shape index (κ1) is 23.1. The van der Waals surface area contributed by atoms with Crippen molar-refractivity contribution < 1.29 is 0 Å². The second kappa shape index (κ2) is 10.3. The van der Waals surface area contributed by atoms with E-state index in [0.717, 1.165) is 38.6 Å². The highest BCUT2D eigenvalue weighted by Crippen LogP contribution is 2.43. The Labute approximate surface area is 226 Å². The van der Waals surface area contributed by atoms with Crippen LogP contribution in [0.2, 0.25) is 0 Å². The Balaban J connectivity index is 1.58. The van der Waals surface area contributed by atoms with Crippen LogP contribution in [0.3, 0.4) is 0 Å². The van der Waals surface area contributed by atoms with Crippen LogP contribution in [0, 0.1) is 0 Å². The molecule has 6 aromatic carbocycles. The van der Waals surface area contributed by atoms with Gasteiger partial charge in [0, 0.05) is 38.3 Å². The fourth-order valence-electron chi connectivity index (χ4n) is 4.83. The molecule has 6 rings (SSSR count). The number of hydrogen-bond donors (Lipinski definition) is 0. The molecule has 0 saturated heterocycles. The van der Waals surface area contributed by atoms with Crippen molar-refractivity contribution >= 4 is 60.8 Å². The Morgan fingerprint density at radius 3 is 1.43 bits per heavy atom. The van der Waals surface area contributed by atoms with Crippen LogP contribution in [-0.4, -0.2) is 0 Å². The van der Waals surface area contributed by atoms with E-state index in [1.165, 1.54) is 10.8 Å². The summed E-state index contributed by atoms with van der Waals surface area (Å²) in [7, 11) is 0. The van der Waals surface area contributed by atoms with Gasteiger partial charge in [0.15, 0.2) is 0 Å². The maximum atomic E-state index is 3.84. The van der Waals surface area contributed by atoms with Crippen LogP contribution >= 0.6 is 15.9 Å². The lowest BCUT2D eigenvalue weighted by Crippen LogP contribution is -2.13. The summed E-state index contributed by atoms with van der Waals surface area (Å²) in [6, 6.07) is 53.3. The predicted molar refractivity (Wildman–Crippen MR) is 161 cm³/mol. The van der Waals surface area contributed by atoms with Crippen molar-refractivity contribution in [3.05, 3.63) is 156 Å². The lowest BCUT2D eigenvalue weighted by molar-refractivity contribution is 1.25. The van der Waals surface area contributed by atoms with Gasteiger partial charge in [-0.3, -0.25) is 0 Å². The zero-order valence-corrected chi connectivity index (χ0v) is 21.8. The third-order valence-electron chi connectivity index (χ3n) is 6.43. The van der Waals surface area contributed by atoms with Crippen LogP contribution < -0.4 is 9.80 Å². The Bertz CT molecular complexity index is 1590. The fourth-order valence-corrected chi connectivity index (χ4v) is 5.30. The zero-order chi connectivity index (χ0) is 25.0. The summed E-state index contributed by atoms with van der Waals surface area (Å²) >= 11 is 3.84. The van der Waals surface area contributed by atoms with E-state index < -0.39 is 0 Å². The molecule has 0 saturated carbocycles. The van der Waals surface area contributed by atoms with E-state index in [-0.39, 0.29) is 0 Å². The number of nitrogens with zero attached hydrogens (tertiary/aromatic N) is 2. The van der Waals surface area contributed by atoms with Gasteiger partial charge < -0.3 is 9.80 Å². The topological polar surface area (TPSA) is 6.48 Å². The number of rotatable bonds is 6. The molecule has 0 heterocycles. The third-order valence-corrected chi connectivity index (χ3v) is 6.89.